The predicted octanol–water partition coefficient (Wildman–Crippen LogP) is 2.86. The lowest BCUT2D eigenvalue weighted by Gasteiger charge is -2.24. The average Bonchev–Trinajstić information content (AvgIpc) is 3.01. The van der Waals surface area contributed by atoms with Crippen molar-refractivity contribution < 1.29 is 0 Å². The third-order valence-corrected chi connectivity index (χ3v) is 4.21. The number of benzene rings is 1. The first-order valence-electron chi connectivity index (χ1n) is 5.22. The summed E-state index contributed by atoms with van der Waals surface area (Å²) in [6.07, 6.45) is 4.76. The molecule has 0 aromatic heterocycles. The molecule has 2 fully saturated rings. The van der Waals surface area contributed by atoms with E-state index in [1.54, 1.807) is 0 Å². The maximum atomic E-state index is 6.33. The molecule has 0 amide bonds. The number of hydrogen-bond donors (Lipinski definition) is 1. The highest BCUT2D eigenvalue weighted by molar-refractivity contribution is 6.31. The van der Waals surface area contributed by atoms with Gasteiger partial charge in [0.2, 0.25) is 0 Å². The van der Waals surface area contributed by atoms with Crippen LogP contribution in [0.25, 0.3) is 0 Å². The third-order valence-electron chi connectivity index (χ3n) is 3.88. The van der Waals surface area contributed by atoms with Crippen LogP contribution in [0.2, 0.25) is 5.02 Å². The molecule has 0 heterocycles. The molecule has 1 aromatic carbocycles. The minimum absolute atomic E-state index is 0.0675. The van der Waals surface area contributed by atoms with E-state index in [1.165, 1.54) is 18.4 Å². The lowest BCUT2D eigenvalue weighted by molar-refractivity contribution is 0.503. The fraction of sp³-hybridized carbons (Fsp3) is 0.500. The molecule has 1 aromatic rings. The molecular weight excluding hydrogens is 194 g/mol. The summed E-state index contributed by atoms with van der Waals surface area (Å²) in [5, 5.41) is 0.890. The average molecular weight is 208 g/mol. The van der Waals surface area contributed by atoms with Gasteiger partial charge >= 0.3 is 0 Å². The van der Waals surface area contributed by atoms with E-state index in [1.807, 2.05) is 12.1 Å². The molecule has 2 N–H and O–H groups in total. The Balaban J connectivity index is 2.07. The fourth-order valence-electron chi connectivity index (χ4n) is 2.62. The lowest BCUT2D eigenvalue weighted by atomic mass is 9.86. The zero-order valence-corrected chi connectivity index (χ0v) is 8.85. The Morgan fingerprint density at radius 1 is 1.07 bits per heavy atom. The minimum Gasteiger partial charge on any atom is -0.324 e. The van der Waals surface area contributed by atoms with Crippen molar-refractivity contribution in [2.45, 2.75) is 36.6 Å². The van der Waals surface area contributed by atoms with Gasteiger partial charge in [-0.15, -0.1) is 0 Å². The van der Waals surface area contributed by atoms with Gasteiger partial charge in [-0.05, 0) is 37.3 Å². The minimum atomic E-state index is 0.0675. The van der Waals surface area contributed by atoms with Crippen molar-refractivity contribution in [1.29, 1.82) is 0 Å². The number of nitrogens with two attached hydrogens (primary N) is 1. The first-order valence-corrected chi connectivity index (χ1v) is 5.60. The monoisotopic (exact) mass is 207 g/mol. The highest BCUT2D eigenvalue weighted by Gasteiger charge is 2.64. The molecule has 0 radical (unpaired) electrons. The predicted molar refractivity (Wildman–Crippen MR) is 58.5 cm³/mol. The van der Waals surface area contributed by atoms with Crippen LogP contribution >= 0.6 is 11.6 Å². The summed E-state index contributed by atoms with van der Waals surface area (Å²) in [7, 11) is 0. The first-order chi connectivity index (χ1) is 6.68. The highest BCUT2D eigenvalue weighted by Crippen LogP contribution is 2.64. The largest absolute Gasteiger partial charge is 0.324 e. The van der Waals surface area contributed by atoms with Crippen LogP contribution in [-0.4, -0.2) is 5.54 Å². The van der Waals surface area contributed by atoms with Gasteiger partial charge in [0.05, 0.1) is 0 Å². The lowest BCUT2D eigenvalue weighted by Crippen LogP contribution is -2.37. The summed E-state index contributed by atoms with van der Waals surface area (Å²) < 4.78 is 0. The molecule has 2 saturated carbocycles. The summed E-state index contributed by atoms with van der Waals surface area (Å²) in [5.41, 5.74) is 7.90. The van der Waals surface area contributed by atoms with E-state index in [9.17, 15) is 0 Å². The van der Waals surface area contributed by atoms with Crippen molar-refractivity contribution in [3.05, 3.63) is 34.9 Å². The Kier molecular flexibility index (Phi) is 1.58. The second-order valence-corrected chi connectivity index (χ2v) is 5.13. The molecule has 2 aliphatic carbocycles. The summed E-state index contributed by atoms with van der Waals surface area (Å²) >= 11 is 6.23. The molecule has 0 saturated heterocycles. The van der Waals surface area contributed by atoms with Crippen LogP contribution in [0.1, 0.15) is 31.2 Å². The highest BCUT2D eigenvalue weighted by atomic mass is 35.5. The van der Waals surface area contributed by atoms with Crippen molar-refractivity contribution in [2.24, 2.45) is 5.73 Å². The van der Waals surface area contributed by atoms with Crippen LogP contribution < -0.4 is 5.73 Å². The van der Waals surface area contributed by atoms with E-state index < -0.39 is 0 Å². The molecule has 0 atom stereocenters. The van der Waals surface area contributed by atoms with Crippen molar-refractivity contribution >= 4 is 11.6 Å². The quantitative estimate of drug-likeness (QED) is 0.793. The number of rotatable bonds is 2. The van der Waals surface area contributed by atoms with E-state index in [0.29, 0.717) is 0 Å². The third kappa shape index (κ3) is 0.999. The van der Waals surface area contributed by atoms with Gasteiger partial charge in [-0.3, -0.25) is 0 Å². The van der Waals surface area contributed by atoms with Gasteiger partial charge in [0.15, 0.2) is 0 Å². The van der Waals surface area contributed by atoms with Gasteiger partial charge in [-0.2, -0.15) is 0 Å². The van der Waals surface area contributed by atoms with Crippen LogP contribution in [0.4, 0.5) is 0 Å². The maximum absolute atomic E-state index is 6.33. The van der Waals surface area contributed by atoms with E-state index in [2.05, 4.69) is 12.1 Å². The van der Waals surface area contributed by atoms with Gasteiger partial charge in [0.1, 0.15) is 0 Å². The van der Waals surface area contributed by atoms with Crippen LogP contribution in [-0.2, 0) is 5.41 Å². The van der Waals surface area contributed by atoms with Gasteiger partial charge in [-0.25, -0.2) is 0 Å². The molecule has 0 bridgehead atoms. The van der Waals surface area contributed by atoms with Crippen LogP contribution in [0.15, 0.2) is 24.3 Å². The van der Waals surface area contributed by atoms with Crippen molar-refractivity contribution in [3.63, 3.8) is 0 Å². The summed E-state index contributed by atoms with van der Waals surface area (Å²) in [5.74, 6) is 0. The Bertz CT molecular complexity index is 378. The molecule has 1 nitrogen and oxygen atoms in total. The molecule has 2 heteroatoms. The molecule has 14 heavy (non-hydrogen) atoms. The van der Waals surface area contributed by atoms with E-state index in [4.69, 9.17) is 17.3 Å². The van der Waals surface area contributed by atoms with Crippen molar-refractivity contribution in [1.82, 2.24) is 0 Å². The Morgan fingerprint density at radius 3 is 2.21 bits per heavy atom. The molecular formula is C12H14ClN. The van der Waals surface area contributed by atoms with Crippen LogP contribution in [0, 0.1) is 0 Å². The summed E-state index contributed by atoms with van der Waals surface area (Å²) in [6.45, 7) is 0. The SMILES string of the molecule is NC1(C2(c3ccccc3Cl)CC2)CC1. The van der Waals surface area contributed by atoms with Crippen molar-refractivity contribution in [2.75, 3.05) is 0 Å². The van der Waals surface area contributed by atoms with Gasteiger partial charge in [-0.1, -0.05) is 29.8 Å². The zero-order valence-electron chi connectivity index (χ0n) is 8.09. The van der Waals surface area contributed by atoms with E-state index in [-0.39, 0.29) is 11.0 Å². The van der Waals surface area contributed by atoms with Gasteiger partial charge in [0, 0.05) is 16.0 Å². The Hall–Kier alpha value is -0.530. The second kappa shape index (κ2) is 2.53. The standard InChI is InChI=1S/C12H14ClN/c13-10-4-2-1-3-9(10)11(5-6-11)12(14)7-8-12/h1-4H,5-8,14H2. The molecule has 74 valence electrons. The normalized spacial score (nSPS) is 25.9. The Morgan fingerprint density at radius 2 is 1.71 bits per heavy atom. The molecule has 3 rings (SSSR count). The van der Waals surface area contributed by atoms with Gasteiger partial charge in [0.25, 0.3) is 0 Å². The summed E-state index contributed by atoms with van der Waals surface area (Å²) in [4.78, 5) is 0. The first kappa shape index (κ1) is 8.75. The number of hydrogen-bond acceptors (Lipinski definition) is 1. The maximum Gasteiger partial charge on any atom is 0.0444 e. The van der Waals surface area contributed by atoms with E-state index in [0.717, 1.165) is 17.9 Å². The topological polar surface area (TPSA) is 26.0 Å². The molecule has 0 spiro atoms. The molecule has 0 aliphatic heterocycles. The van der Waals surface area contributed by atoms with Crippen LogP contribution in [0.3, 0.4) is 0 Å². The Labute approximate surface area is 89.3 Å². The summed E-state index contributed by atoms with van der Waals surface area (Å²) in [6, 6.07) is 8.16. The molecule has 2 aliphatic rings. The van der Waals surface area contributed by atoms with Crippen LogP contribution in [0.5, 0.6) is 0 Å². The van der Waals surface area contributed by atoms with E-state index >= 15 is 0 Å². The fourth-order valence-corrected chi connectivity index (χ4v) is 2.94. The second-order valence-electron chi connectivity index (χ2n) is 4.72. The number of halogens is 1. The zero-order chi connectivity index (χ0) is 9.81. The molecule has 0 unspecified atom stereocenters. The smallest absolute Gasteiger partial charge is 0.0444 e. The van der Waals surface area contributed by atoms with Gasteiger partial charge < -0.3 is 5.73 Å². The van der Waals surface area contributed by atoms with Crippen molar-refractivity contribution in [3.8, 4) is 0 Å².